The van der Waals surface area contributed by atoms with Crippen LogP contribution in [0.25, 0.3) is 0 Å². The highest BCUT2D eigenvalue weighted by Gasteiger charge is 2.21. The maximum Gasteiger partial charge on any atom is 0.323 e. The molecule has 0 bridgehead atoms. The summed E-state index contributed by atoms with van der Waals surface area (Å²) >= 11 is 1.38. The Balaban J connectivity index is 1.58. The summed E-state index contributed by atoms with van der Waals surface area (Å²) < 4.78 is 19.4. The Morgan fingerprint density at radius 1 is 0.971 bits per heavy atom. The topological polar surface area (TPSA) is 77.8 Å². The molecule has 7 nitrogen and oxygen atoms in total. The standard InChI is InChI=1S/C26H25FN4O3S/c1-30(2)23-12-11-19(28-26(33)29-22-9-4-3-8-21(22)27)15-18(23)16-31(17-20-7-5-13-34-20)25(32)24-10-6-14-35-24/h3-15H,16-17H2,1-2H3,(H2,28,29,33). The van der Waals surface area contributed by atoms with Gasteiger partial charge in [-0.2, -0.15) is 0 Å². The molecule has 2 N–H and O–H groups in total. The maximum absolute atomic E-state index is 13.9. The van der Waals surface area contributed by atoms with Gasteiger partial charge in [0.15, 0.2) is 0 Å². The van der Waals surface area contributed by atoms with Gasteiger partial charge >= 0.3 is 6.03 Å². The number of rotatable bonds is 8. The molecule has 2 aromatic heterocycles. The zero-order valence-electron chi connectivity index (χ0n) is 19.3. The van der Waals surface area contributed by atoms with Crippen LogP contribution >= 0.6 is 11.3 Å². The van der Waals surface area contributed by atoms with Gasteiger partial charge in [-0.05, 0) is 59.5 Å². The van der Waals surface area contributed by atoms with E-state index in [4.69, 9.17) is 4.42 Å². The molecular formula is C26H25FN4O3S. The summed E-state index contributed by atoms with van der Waals surface area (Å²) in [6.45, 7) is 0.581. The van der Waals surface area contributed by atoms with E-state index < -0.39 is 11.8 Å². The molecule has 4 rings (SSSR count). The first-order chi connectivity index (χ1) is 16.9. The molecule has 0 saturated heterocycles. The number of nitrogens with one attached hydrogen (secondary N) is 2. The Hall–Kier alpha value is -4.11. The number of benzene rings is 2. The molecule has 0 unspecified atom stereocenters. The molecule has 0 atom stereocenters. The number of urea groups is 1. The van der Waals surface area contributed by atoms with Crippen molar-refractivity contribution in [1.82, 2.24) is 4.90 Å². The highest BCUT2D eigenvalue weighted by molar-refractivity contribution is 7.12. The van der Waals surface area contributed by atoms with Crippen LogP contribution in [0.15, 0.2) is 82.8 Å². The lowest BCUT2D eigenvalue weighted by molar-refractivity contribution is 0.0723. The number of nitrogens with zero attached hydrogens (tertiary/aromatic N) is 2. The lowest BCUT2D eigenvalue weighted by atomic mass is 10.1. The molecule has 0 aliphatic carbocycles. The Morgan fingerprint density at radius 2 is 1.80 bits per heavy atom. The maximum atomic E-state index is 13.9. The fourth-order valence-electron chi connectivity index (χ4n) is 3.63. The summed E-state index contributed by atoms with van der Waals surface area (Å²) in [6, 6.07) is 18.1. The van der Waals surface area contributed by atoms with E-state index >= 15 is 0 Å². The number of para-hydroxylation sites is 1. The van der Waals surface area contributed by atoms with Crippen molar-refractivity contribution in [2.24, 2.45) is 0 Å². The molecule has 9 heteroatoms. The summed E-state index contributed by atoms with van der Waals surface area (Å²) in [5, 5.41) is 7.12. The van der Waals surface area contributed by atoms with E-state index in [0.717, 1.165) is 11.3 Å². The van der Waals surface area contributed by atoms with Crippen molar-refractivity contribution < 1.29 is 18.4 Å². The van der Waals surface area contributed by atoms with Gasteiger partial charge in [-0.25, -0.2) is 9.18 Å². The molecule has 0 saturated carbocycles. The molecule has 2 heterocycles. The summed E-state index contributed by atoms with van der Waals surface area (Å²) in [6.07, 6.45) is 1.58. The van der Waals surface area contributed by atoms with Gasteiger partial charge in [-0.3, -0.25) is 4.79 Å². The van der Waals surface area contributed by atoms with Crippen LogP contribution in [0.1, 0.15) is 21.0 Å². The zero-order valence-corrected chi connectivity index (χ0v) is 20.1. The normalized spacial score (nSPS) is 10.6. The molecule has 35 heavy (non-hydrogen) atoms. The van der Waals surface area contributed by atoms with E-state index in [0.29, 0.717) is 22.9 Å². The first-order valence-electron chi connectivity index (χ1n) is 10.9. The Morgan fingerprint density at radius 3 is 2.49 bits per heavy atom. The highest BCUT2D eigenvalue weighted by Crippen LogP contribution is 2.27. The van der Waals surface area contributed by atoms with Crippen LogP contribution in [0.5, 0.6) is 0 Å². The van der Waals surface area contributed by atoms with E-state index in [1.54, 1.807) is 41.5 Å². The second-order valence-electron chi connectivity index (χ2n) is 8.01. The lowest BCUT2D eigenvalue weighted by Gasteiger charge is -2.25. The van der Waals surface area contributed by atoms with Crippen molar-refractivity contribution in [1.29, 1.82) is 0 Å². The molecule has 180 valence electrons. The van der Waals surface area contributed by atoms with Crippen molar-refractivity contribution >= 4 is 40.3 Å². The molecule has 0 spiro atoms. The largest absolute Gasteiger partial charge is 0.467 e. The molecule has 0 fully saturated rings. The van der Waals surface area contributed by atoms with Crippen LogP contribution in [0.4, 0.5) is 26.2 Å². The third-order valence-electron chi connectivity index (χ3n) is 5.25. The third-order valence-corrected chi connectivity index (χ3v) is 6.11. The zero-order chi connectivity index (χ0) is 24.8. The number of hydrogen-bond acceptors (Lipinski definition) is 5. The van der Waals surface area contributed by atoms with E-state index in [9.17, 15) is 14.0 Å². The van der Waals surface area contributed by atoms with Gasteiger partial charge in [-0.1, -0.05) is 18.2 Å². The third kappa shape index (κ3) is 6.07. The van der Waals surface area contributed by atoms with Gasteiger partial charge in [0.05, 0.1) is 23.4 Å². The van der Waals surface area contributed by atoms with E-state index in [-0.39, 0.29) is 18.1 Å². The number of anilines is 3. The van der Waals surface area contributed by atoms with Crippen molar-refractivity contribution in [3.05, 3.63) is 100 Å². The van der Waals surface area contributed by atoms with E-state index in [2.05, 4.69) is 10.6 Å². The Bertz CT molecular complexity index is 1290. The highest BCUT2D eigenvalue weighted by atomic mass is 32.1. The van der Waals surface area contributed by atoms with Crippen LogP contribution < -0.4 is 15.5 Å². The summed E-state index contributed by atoms with van der Waals surface area (Å²) in [7, 11) is 3.82. The first kappa shape index (κ1) is 24.0. The van der Waals surface area contributed by atoms with Gasteiger partial charge in [0.1, 0.15) is 11.6 Å². The van der Waals surface area contributed by atoms with Crippen LogP contribution in [-0.4, -0.2) is 30.9 Å². The van der Waals surface area contributed by atoms with Crippen molar-refractivity contribution in [2.45, 2.75) is 13.1 Å². The number of carbonyl (C=O) groups is 2. The summed E-state index contributed by atoms with van der Waals surface area (Å²) in [5.74, 6) is 0.0311. The molecule has 0 aliphatic rings. The average Bonchev–Trinajstić information content (AvgIpc) is 3.54. The van der Waals surface area contributed by atoms with E-state index in [1.165, 1.54) is 23.5 Å². The number of carbonyl (C=O) groups excluding carboxylic acids is 2. The van der Waals surface area contributed by atoms with Gasteiger partial charge in [0.25, 0.3) is 5.91 Å². The molecule has 0 aliphatic heterocycles. The second-order valence-corrected chi connectivity index (χ2v) is 8.96. The fourth-order valence-corrected chi connectivity index (χ4v) is 4.32. The van der Waals surface area contributed by atoms with Crippen LogP contribution in [0.3, 0.4) is 0 Å². The Kier molecular flexibility index (Phi) is 7.47. The van der Waals surface area contributed by atoms with E-state index in [1.807, 2.05) is 48.6 Å². The van der Waals surface area contributed by atoms with Crippen LogP contribution in [0.2, 0.25) is 0 Å². The van der Waals surface area contributed by atoms with Gasteiger partial charge in [0.2, 0.25) is 0 Å². The fraction of sp³-hybridized carbons (Fsp3) is 0.154. The summed E-state index contributed by atoms with van der Waals surface area (Å²) in [5.41, 5.74) is 2.32. The number of amides is 3. The number of thiophene rings is 1. The van der Waals surface area contributed by atoms with Crippen LogP contribution in [0, 0.1) is 5.82 Å². The quantitative estimate of drug-likeness (QED) is 0.315. The average molecular weight is 493 g/mol. The molecule has 4 aromatic rings. The number of halogens is 1. The Labute approximate surface area is 206 Å². The van der Waals surface area contributed by atoms with Crippen molar-refractivity contribution in [3.63, 3.8) is 0 Å². The number of hydrogen-bond donors (Lipinski definition) is 2. The SMILES string of the molecule is CN(C)c1ccc(NC(=O)Nc2ccccc2F)cc1CN(Cc1ccco1)C(=O)c1cccs1. The van der Waals surface area contributed by atoms with Crippen molar-refractivity contribution in [3.8, 4) is 0 Å². The number of furan rings is 1. The van der Waals surface area contributed by atoms with Gasteiger partial charge in [0, 0.05) is 32.0 Å². The minimum absolute atomic E-state index is 0.0845. The predicted octanol–water partition coefficient (Wildman–Crippen LogP) is 6.03. The van der Waals surface area contributed by atoms with Gasteiger partial charge < -0.3 is 24.9 Å². The molecule has 0 radical (unpaired) electrons. The smallest absolute Gasteiger partial charge is 0.323 e. The monoisotopic (exact) mass is 492 g/mol. The molecule has 2 aromatic carbocycles. The first-order valence-corrected chi connectivity index (χ1v) is 11.8. The second kappa shape index (κ2) is 10.9. The summed E-state index contributed by atoms with van der Waals surface area (Å²) in [4.78, 5) is 30.0. The van der Waals surface area contributed by atoms with Gasteiger partial charge in [-0.15, -0.1) is 11.3 Å². The minimum Gasteiger partial charge on any atom is -0.467 e. The minimum atomic E-state index is -0.569. The van der Waals surface area contributed by atoms with Crippen molar-refractivity contribution in [2.75, 3.05) is 29.6 Å². The van der Waals surface area contributed by atoms with Crippen LogP contribution in [-0.2, 0) is 13.1 Å². The predicted molar refractivity (Wildman–Crippen MR) is 136 cm³/mol. The molecular weight excluding hydrogens is 467 g/mol. The molecule has 3 amide bonds. The lowest BCUT2D eigenvalue weighted by Crippen LogP contribution is -2.30.